The minimum absolute atomic E-state index is 0.0669. The molecule has 1 aliphatic carbocycles. The zero-order chi connectivity index (χ0) is 17.0. The van der Waals surface area contributed by atoms with Gasteiger partial charge in [-0.1, -0.05) is 12.1 Å². The fraction of sp³-hybridized carbons (Fsp3) is 0.438. The van der Waals surface area contributed by atoms with E-state index in [1.54, 1.807) is 24.3 Å². The summed E-state index contributed by atoms with van der Waals surface area (Å²) in [5.41, 5.74) is 1.19. The zero-order valence-corrected chi connectivity index (χ0v) is 13.5. The Bertz CT molecular complexity index is 596. The van der Waals surface area contributed by atoms with E-state index in [0.29, 0.717) is 11.1 Å². The van der Waals surface area contributed by atoms with Gasteiger partial charge in [-0.3, -0.25) is 20.5 Å². The molecule has 1 fully saturated rings. The van der Waals surface area contributed by atoms with Crippen LogP contribution in [0.5, 0.6) is 0 Å². The molecule has 7 heteroatoms. The zero-order valence-electron chi connectivity index (χ0n) is 13.5. The Labute approximate surface area is 135 Å². The van der Waals surface area contributed by atoms with Crippen molar-refractivity contribution in [3.05, 3.63) is 35.4 Å². The van der Waals surface area contributed by atoms with Crippen LogP contribution in [0.15, 0.2) is 24.3 Å². The molecule has 124 valence electrons. The number of carbonyl (C=O) groups is 1. The average Bonchev–Trinajstić information content (AvgIpc) is 3.40. The molecule has 0 saturated heterocycles. The predicted octanol–water partition coefficient (Wildman–Crippen LogP) is 2.12. The molecule has 2 rings (SSSR count). The van der Waals surface area contributed by atoms with Gasteiger partial charge in [-0.25, -0.2) is 5.06 Å². The van der Waals surface area contributed by atoms with Crippen molar-refractivity contribution < 1.29 is 19.1 Å². The maximum atomic E-state index is 12.1. The Morgan fingerprint density at radius 3 is 2.30 bits per heavy atom. The van der Waals surface area contributed by atoms with E-state index < -0.39 is 6.10 Å². The monoisotopic (exact) mass is 319 g/mol. The highest BCUT2D eigenvalue weighted by molar-refractivity contribution is 6.00. The van der Waals surface area contributed by atoms with E-state index in [2.05, 4.69) is 0 Å². The van der Waals surface area contributed by atoms with Gasteiger partial charge >= 0.3 is 0 Å². The molecule has 1 amide bonds. The third kappa shape index (κ3) is 4.14. The van der Waals surface area contributed by atoms with Gasteiger partial charge in [-0.05, 0) is 30.5 Å². The van der Waals surface area contributed by atoms with Crippen molar-refractivity contribution in [3.8, 4) is 0 Å². The van der Waals surface area contributed by atoms with Crippen LogP contribution >= 0.6 is 0 Å². The highest BCUT2D eigenvalue weighted by Gasteiger charge is 2.29. The summed E-state index contributed by atoms with van der Waals surface area (Å²) >= 11 is 0. The van der Waals surface area contributed by atoms with Crippen LogP contribution in [0.3, 0.4) is 0 Å². The molecule has 2 N–H and O–H groups in total. The van der Waals surface area contributed by atoms with Gasteiger partial charge in [0.25, 0.3) is 5.91 Å². The van der Waals surface area contributed by atoms with E-state index in [9.17, 15) is 4.79 Å². The normalized spacial score (nSPS) is 14.9. The number of rotatable bonds is 6. The second kappa shape index (κ2) is 7.34. The smallest absolute Gasteiger partial charge is 0.279 e. The average molecular weight is 319 g/mol. The van der Waals surface area contributed by atoms with Gasteiger partial charge < -0.3 is 9.47 Å². The van der Waals surface area contributed by atoms with Crippen molar-refractivity contribution in [2.75, 3.05) is 21.3 Å². The standard InChI is InChI=1S/C16H21N3O4/c1-19(22-3)16(20)13(21-2)10-4-6-11(7-5-10)14(17)23-15(18)12-8-9-12/h4-7,12-13,17-18H,8-9H2,1-3H3. The maximum Gasteiger partial charge on any atom is 0.279 e. The van der Waals surface area contributed by atoms with E-state index in [1.165, 1.54) is 21.3 Å². The first-order valence-corrected chi connectivity index (χ1v) is 7.27. The van der Waals surface area contributed by atoms with Crippen LogP contribution in [-0.4, -0.2) is 44.0 Å². The lowest BCUT2D eigenvalue weighted by molar-refractivity contribution is -0.179. The Hall–Kier alpha value is -2.25. The van der Waals surface area contributed by atoms with Crippen LogP contribution in [0.2, 0.25) is 0 Å². The second-order valence-corrected chi connectivity index (χ2v) is 5.33. The third-order valence-corrected chi connectivity index (χ3v) is 3.68. The molecular formula is C16H21N3O4. The summed E-state index contributed by atoms with van der Waals surface area (Å²) in [4.78, 5) is 17.0. The minimum atomic E-state index is -0.783. The molecule has 1 aromatic rings. The van der Waals surface area contributed by atoms with E-state index in [1.807, 2.05) is 0 Å². The summed E-state index contributed by atoms with van der Waals surface area (Å²) in [6, 6.07) is 6.74. The summed E-state index contributed by atoms with van der Waals surface area (Å²) in [6.07, 6.45) is 1.12. The van der Waals surface area contributed by atoms with Gasteiger partial charge in [0.1, 0.15) is 0 Å². The third-order valence-electron chi connectivity index (χ3n) is 3.68. The van der Waals surface area contributed by atoms with Gasteiger partial charge in [0.15, 0.2) is 12.0 Å². The molecule has 7 nitrogen and oxygen atoms in total. The van der Waals surface area contributed by atoms with Crippen LogP contribution in [0.25, 0.3) is 0 Å². The van der Waals surface area contributed by atoms with Gasteiger partial charge in [-0.2, -0.15) is 0 Å². The maximum absolute atomic E-state index is 12.1. The molecule has 23 heavy (non-hydrogen) atoms. The molecule has 0 radical (unpaired) electrons. The number of likely N-dealkylation sites (N-methyl/N-ethyl adjacent to an activating group) is 1. The molecular weight excluding hydrogens is 298 g/mol. The van der Waals surface area contributed by atoms with Crippen molar-refractivity contribution in [2.24, 2.45) is 5.92 Å². The molecule has 1 saturated carbocycles. The molecule has 0 bridgehead atoms. The number of amides is 1. The summed E-state index contributed by atoms with van der Waals surface area (Å²) in [5, 5.41) is 16.7. The molecule has 0 aliphatic heterocycles. The highest BCUT2D eigenvalue weighted by Crippen LogP contribution is 2.30. The lowest BCUT2D eigenvalue weighted by atomic mass is 10.1. The van der Waals surface area contributed by atoms with Crippen LogP contribution in [0.4, 0.5) is 0 Å². The number of hydrogen-bond donors (Lipinski definition) is 2. The number of carbonyl (C=O) groups excluding carboxylic acids is 1. The van der Waals surface area contributed by atoms with Crippen LogP contribution < -0.4 is 0 Å². The predicted molar refractivity (Wildman–Crippen MR) is 84.3 cm³/mol. The molecule has 1 unspecified atom stereocenters. The van der Waals surface area contributed by atoms with Gasteiger partial charge in [0.05, 0.1) is 7.11 Å². The Morgan fingerprint density at radius 2 is 1.83 bits per heavy atom. The lowest BCUT2D eigenvalue weighted by Crippen LogP contribution is -2.31. The fourth-order valence-electron chi connectivity index (χ4n) is 2.04. The van der Waals surface area contributed by atoms with Crippen molar-refractivity contribution in [2.45, 2.75) is 18.9 Å². The largest absolute Gasteiger partial charge is 0.425 e. The van der Waals surface area contributed by atoms with Crippen molar-refractivity contribution >= 4 is 17.7 Å². The van der Waals surface area contributed by atoms with Crippen LogP contribution in [0.1, 0.15) is 30.1 Å². The number of ether oxygens (including phenoxy) is 2. The highest BCUT2D eigenvalue weighted by atomic mass is 16.7. The van der Waals surface area contributed by atoms with Gasteiger partial charge in [0, 0.05) is 25.6 Å². The topological polar surface area (TPSA) is 95.7 Å². The fourth-order valence-corrected chi connectivity index (χ4v) is 2.04. The number of hydrogen-bond acceptors (Lipinski definition) is 6. The Balaban J connectivity index is 2.06. The van der Waals surface area contributed by atoms with Crippen LogP contribution in [-0.2, 0) is 19.1 Å². The lowest BCUT2D eigenvalue weighted by Gasteiger charge is -2.21. The summed E-state index contributed by atoms with van der Waals surface area (Å²) in [5.74, 6) is -0.0900. The number of benzene rings is 1. The first-order chi connectivity index (χ1) is 11.0. The summed E-state index contributed by atoms with van der Waals surface area (Å²) < 4.78 is 10.5. The van der Waals surface area contributed by atoms with E-state index in [4.69, 9.17) is 25.1 Å². The summed E-state index contributed by atoms with van der Waals surface area (Å²) in [6.45, 7) is 0. The van der Waals surface area contributed by atoms with Gasteiger partial charge in [0.2, 0.25) is 5.90 Å². The first kappa shape index (κ1) is 17.1. The molecule has 1 aliphatic rings. The van der Waals surface area contributed by atoms with Crippen molar-refractivity contribution in [1.82, 2.24) is 5.06 Å². The van der Waals surface area contributed by atoms with E-state index in [-0.39, 0.29) is 23.6 Å². The number of nitrogens with zero attached hydrogens (tertiary/aromatic N) is 1. The van der Waals surface area contributed by atoms with E-state index in [0.717, 1.165) is 17.9 Å². The number of nitrogens with one attached hydrogen (secondary N) is 2. The number of hydroxylamine groups is 2. The van der Waals surface area contributed by atoms with Crippen molar-refractivity contribution in [3.63, 3.8) is 0 Å². The van der Waals surface area contributed by atoms with E-state index >= 15 is 0 Å². The minimum Gasteiger partial charge on any atom is -0.425 e. The Morgan fingerprint density at radius 1 is 1.22 bits per heavy atom. The quantitative estimate of drug-likeness (QED) is 0.477. The molecule has 1 atom stereocenters. The van der Waals surface area contributed by atoms with Crippen molar-refractivity contribution in [1.29, 1.82) is 10.8 Å². The van der Waals surface area contributed by atoms with Gasteiger partial charge in [-0.15, -0.1) is 0 Å². The van der Waals surface area contributed by atoms with Crippen LogP contribution in [0, 0.1) is 16.7 Å². The summed E-state index contributed by atoms with van der Waals surface area (Å²) in [7, 11) is 4.36. The Kier molecular flexibility index (Phi) is 5.46. The second-order valence-electron chi connectivity index (χ2n) is 5.33. The molecule has 0 heterocycles. The first-order valence-electron chi connectivity index (χ1n) is 7.27. The molecule has 0 aromatic heterocycles. The molecule has 0 spiro atoms. The SMILES string of the molecule is COC(C(=O)N(C)OC)c1ccc(C(=N)OC(=N)C2CC2)cc1. The molecule has 1 aromatic carbocycles. The number of methoxy groups -OCH3 is 1.